The van der Waals surface area contributed by atoms with E-state index in [0.29, 0.717) is 17.9 Å². The molecule has 0 saturated carbocycles. The van der Waals surface area contributed by atoms with E-state index in [0.717, 1.165) is 11.1 Å². The maximum Gasteiger partial charge on any atom is 0.228 e. The highest BCUT2D eigenvalue weighted by molar-refractivity contribution is 5.85. The van der Waals surface area contributed by atoms with Crippen molar-refractivity contribution in [3.8, 4) is 11.5 Å². The van der Waals surface area contributed by atoms with Crippen LogP contribution in [0.1, 0.15) is 11.1 Å². The quantitative estimate of drug-likeness (QED) is 0.816. The number of fused-ring (bicyclic) bond motifs is 1. The number of hydrogen-bond acceptors (Lipinski definition) is 3. The van der Waals surface area contributed by atoms with Crippen LogP contribution in [0.25, 0.3) is 6.08 Å². The van der Waals surface area contributed by atoms with Crippen LogP contribution in [0.3, 0.4) is 0 Å². The summed E-state index contributed by atoms with van der Waals surface area (Å²) in [6.07, 6.45) is 3.78. The van der Waals surface area contributed by atoms with Gasteiger partial charge in [0.05, 0.1) is 20.6 Å². The summed E-state index contributed by atoms with van der Waals surface area (Å²) in [5.74, 6) is 1.22. The lowest BCUT2D eigenvalue weighted by Gasteiger charge is -2.13. The summed E-state index contributed by atoms with van der Waals surface area (Å²) in [5, 5.41) is 2.66. The summed E-state index contributed by atoms with van der Waals surface area (Å²) in [6, 6.07) is 3.74. The van der Waals surface area contributed by atoms with E-state index in [4.69, 9.17) is 9.47 Å². The predicted molar refractivity (Wildman–Crippen MR) is 60.4 cm³/mol. The Labute approximate surface area is 93.9 Å². The first kappa shape index (κ1) is 10.5. The average molecular weight is 219 g/mol. The summed E-state index contributed by atoms with van der Waals surface area (Å²) < 4.78 is 10.5. The maximum atomic E-state index is 11.5. The molecule has 1 aromatic carbocycles. The fourth-order valence-electron chi connectivity index (χ4n) is 1.78. The van der Waals surface area contributed by atoms with E-state index in [-0.39, 0.29) is 5.91 Å². The second-order valence-electron chi connectivity index (χ2n) is 3.45. The van der Waals surface area contributed by atoms with Gasteiger partial charge >= 0.3 is 0 Å². The average Bonchev–Trinajstić information content (AvgIpc) is 2.48. The van der Waals surface area contributed by atoms with Crippen LogP contribution in [0.4, 0.5) is 0 Å². The molecule has 0 saturated heterocycles. The van der Waals surface area contributed by atoms with Gasteiger partial charge in [0.1, 0.15) is 0 Å². The van der Waals surface area contributed by atoms with Gasteiger partial charge in [0.2, 0.25) is 5.91 Å². The third-order valence-corrected chi connectivity index (χ3v) is 2.53. The van der Waals surface area contributed by atoms with Gasteiger partial charge in [-0.05, 0) is 17.7 Å². The van der Waals surface area contributed by atoms with Gasteiger partial charge < -0.3 is 14.8 Å². The van der Waals surface area contributed by atoms with Crippen molar-refractivity contribution < 1.29 is 14.3 Å². The van der Waals surface area contributed by atoms with Crippen LogP contribution < -0.4 is 14.8 Å². The zero-order valence-electron chi connectivity index (χ0n) is 9.24. The Morgan fingerprint density at radius 3 is 2.75 bits per heavy atom. The Morgan fingerprint density at radius 1 is 1.25 bits per heavy atom. The van der Waals surface area contributed by atoms with E-state index in [1.165, 1.54) is 0 Å². The number of amides is 1. The lowest BCUT2D eigenvalue weighted by molar-refractivity contribution is -0.119. The van der Waals surface area contributed by atoms with Crippen LogP contribution in [0.5, 0.6) is 11.5 Å². The van der Waals surface area contributed by atoms with Crippen molar-refractivity contribution in [3.63, 3.8) is 0 Å². The minimum Gasteiger partial charge on any atom is -0.493 e. The molecule has 84 valence electrons. The lowest BCUT2D eigenvalue weighted by Crippen LogP contribution is -2.18. The molecule has 4 heteroatoms. The molecular weight excluding hydrogens is 206 g/mol. The molecule has 0 radical (unpaired) electrons. The van der Waals surface area contributed by atoms with E-state index < -0.39 is 0 Å². The van der Waals surface area contributed by atoms with Crippen LogP contribution in [0.15, 0.2) is 18.3 Å². The van der Waals surface area contributed by atoms with Crippen LogP contribution in [-0.4, -0.2) is 20.1 Å². The number of ether oxygens (including phenoxy) is 2. The SMILES string of the molecule is COc1ccc2c(c1OC)CC(=O)NC=C2. The largest absolute Gasteiger partial charge is 0.493 e. The van der Waals surface area contributed by atoms with Gasteiger partial charge in [0, 0.05) is 11.8 Å². The van der Waals surface area contributed by atoms with Gasteiger partial charge in [0.15, 0.2) is 11.5 Å². The molecule has 4 nitrogen and oxygen atoms in total. The normalized spacial score (nSPS) is 13.8. The topological polar surface area (TPSA) is 47.6 Å². The second-order valence-corrected chi connectivity index (χ2v) is 3.45. The van der Waals surface area contributed by atoms with Gasteiger partial charge in [-0.25, -0.2) is 0 Å². The highest BCUT2D eigenvalue weighted by atomic mass is 16.5. The highest BCUT2D eigenvalue weighted by Gasteiger charge is 2.17. The lowest BCUT2D eigenvalue weighted by atomic mass is 10.0. The Bertz CT molecular complexity index is 452. The first-order chi connectivity index (χ1) is 7.76. The number of methoxy groups -OCH3 is 2. The Balaban J connectivity index is 2.58. The Kier molecular flexibility index (Phi) is 2.81. The number of rotatable bonds is 2. The molecule has 0 spiro atoms. The number of carbonyl (C=O) groups excluding carboxylic acids is 1. The van der Waals surface area contributed by atoms with Crippen LogP contribution in [0.2, 0.25) is 0 Å². The first-order valence-electron chi connectivity index (χ1n) is 4.96. The molecule has 1 heterocycles. The third kappa shape index (κ3) is 1.74. The van der Waals surface area contributed by atoms with E-state index in [1.807, 2.05) is 18.2 Å². The molecular formula is C12H13NO3. The molecule has 1 N–H and O–H groups in total. The third-order valence-electron chi connectivity index (χ3n) is 2.53. The summed E-state index contributed by atoms with van der Waals surface area (Å²) in [7, 11) is 3.15. The summed E-state index contributed by atoms with van der Waals surface area (Å²) >= 11 is 0. The molecule has 2 rings (SSSR count). The Morgan fingerprint density at radius 2 is 2.06 bits per heavy atom. The summed E-state index contributed by atoms with van der Waals surface area (Å²) in [6.45, 7) is 0. The van der Waals surface area contributed by atoms with Crippen molar-refractivity contribution in [3.05, 3.63) is 29.5 Å². The van der Waals surface area contributed by atoms with Crippen LogP contribution in [0, 0.1) is 0 Å². The number of benzene rings is 1. The molecule has 1 aliphatic heterocycles. The van der Waals surface area contributed by atoms with Crippen molar-refractivity contribution in [2.75, 3.05) is 14.2 Å². The van der Waals surface area contributed by atoms with Crippen molar-refractivity contribution in [2.45, 2.75) is 6.42 Å². The minimum atomic E-state index is -0.0541. The molecule has 0 atom stereocenters. The Hall–Kier alpha value is -1.97. The molecule has 0 unspecified atom stereocenters. The molecule has 0 fully saturated rings. The van der Waals surface area contributed by atoms with Crippen LogP contribution in [-0.2, 0) is 11.2 Å². The summed E-state index contributed by atoms with van der Waals surface area (Å²) in [5.41, 5.74) is 1.82. The standard InChI is InChI=1S/C12H13NO3/c1-15-10-4-3-8-5-6-13-11(14)7-9(8)12(10)16-2/h3-6H,7H2,1-2H3,(H,13,14). The summed E-state index contributed by atoms with van der Waals surface area (Å²) in [4.78, 5) is 11.5. The van der Waals surface area contributed by atoms with E-state index in [9.17, 15) is 4.79 Å². The first-order valence-corrected chi connectivity index (χ1v) is 4.96. The van der Waals surface area contributed by atoms with Gasteiger partial charge in [-0.2, -0.15) is 0 Å². The fourth-order valence-corrected chi connectivity index (χ4v) is 1.78. The molecule has 1 aliphatic rings. The number of carbonyl (C=O) groups is 1. The zero-order chi connectivity index (χ0) is 11.5. The van der Waals surface area contributed by atoms with E-state index in [2.05, 4.69) is 5.32 Å². The molecule has 1 aromatic rings. The van der Waals surface area contributed by atoms with Crippen molar-refractivity contribution in [2.24, 2.45) is 0 Å². The van der Waals surface area contributed by atoms with E-state index >= 15 is 0 Å². The van der Waals surface area contributed by atoms with Crippen molar-refractivity contribution in [1.82, 2.24) is 5.32 Å². The molecule has 0 bridgehead atoms. The number of nitrogens with one attached hydrogen (secondary N) is 1. The maximum absolute atomic E-state index is 11.5. The number of hydrogen-bond donors (Lipinski definition) is 1. The predicted octanol–water partition coefficient (Wildman–Crippen LogP) is 1.35. The monoisotopic (exact) mass is 219 g/mol. The minimum absolute atomic E-state index is 0.0541. The van der Waals surface area contributed by atoms with Crippen LogP contribution >= 0.6 is 0 Å². The molecule has 0 aliphatic carbocycles. The van der Waals surface area contributed by atoms with Gasteiger partial charge in [0.25, 0.3) is 0 Å². The molecule has 1 amide bonds. The van der Waals surface area contributed by atoms with Gasteiger partial charge in [-0.3, -0.25) is 4.79 Å². The van der Waals surface area contributed by atoms with Gasteiger partial charge in [-0.15, -0.1) is 0 Å². The zero-order valence-corrected chi connectivity index (χ0v) is 9.24. The van der Waals surface area contributed by atoms with E-state index in [1.54, 1.807) is 20.4 Å². The molecule has 0 aromatic heterocycles. The molecule has 16 heavy (non-hydrogen) atoms. The van der Waals surface area contributed by atoms with Crippen molar-refractivity contribution >= 4 is 12.0 Å². The highest BCUT2D eigenvalue weighted by Crippen LogP contribution is 2.34. The van der Waals surface area contributed by atoms with Crippen molar-refractivity contribution in [1.29, 1.82) is 0 Å². The smallest absolute Gasteiger partial charge is 0.228 e. The fraction of sp³-hybridized carbons (Fsp3) is 0.250. The second kappa shape index (κ2) is 4.26. The van der Waals surface area contributed by atoms with Gasteiger partial charge in [-0.1, -0.05) is 6.07 Å².